The minimum absolute atomic E-state index is 0.169. The quantitative estimate of drug-likeness (QED) is 0.861. The van der Waals surface area contributed by atoms with Crippen LogP contribution in [0.5, 0.6) is 5.75 Å². The zero-order valence-electron chi connectivity index (χ0n) is 10.8. The van der Waals surface area contributed by atoms with Crippen LogP contribution in [0.1, 0.15) is 47.9 Å². The second-order valence-electron chi connectivity index (χ2n) is 5.10. The number of aryl methyl sites for hydroxylation is 1. The van der Waals surface area contributed by atoms with Crippen LogP contribution in [-0.2, 0) is 24.1 Å². The molecule has 1 aliphatic rings. The van der Waals surface area contributed by atoms with E-state index in [1.807, 2.05) is 13.0 Å². The lowest BCUT2D eigenvalue weighted by Gasteiger charge is -2.22. The first-order valence-electron chi connectivity index (χ1n) is 6.64. The Morgan fingerprint density at radius 3 is 2.61 bits per heavy atom. The number of benzene rings is 1. The maximum atomic E-state index is 10.6. The molecule has 0 saturated heterocycles. The standard InChI is InChI=1S/C15H20O3/c1-10-9-14(16)13(7-4-8-15(17)18)12-6-3-2-5-11(10)12/h9,16H,2-8H2,1H3,(H,17,18). The molecular weight excluding hydrogens is 228 g/mol. The van der Waals surface area contributed by atoms with E-state index in [1.165, 1.54) is 29.5 Å². The topological polar surface area (TPSA) is 57.5 Å². The average molecular weight is 248 g/mol. The van der Waals surface area contributed by atoms with E-state index in [-0.39, 0.29) is 6.42 Å². The van der Waals surface area contributed by atoms with Gasteiger partial charge in [0.15, 0.2) is 0 Å². The molecule has 3 nitrogen and oxygen atoms in total. The molecule has 0 spiro atoms. The van der Waals surface area contributed by atoms with E-state index in [0.717, 1.165) is 18.4 Å². The molecule has 0 unspecified atom stereocenters. The molecule has 3 heteroatoms. The number of rotatable bonds is 4. The van der Waals surface area contributed by atoms with Crippen LogP contribution < -0.4 is 0 Å². The highest BCUT2D eigenvalue weighted by Crippen LogP contribution is 2.34. The molecule has 0 aliphatic heterocycles. The van der Waals surface area contributed by atoms with Gasteiger partial charge in [-0.2, -0.15) is 0 Å². The Morgan fingerprint density at radius 1 is 1.28 bits per heavy atom. The third-order valence-corrected chi connectivity index (χ3v) is 3.79. The van der Waals surface area contributed by atoms with Crippen LogP contribution in [0, 0.1) is 6.92 Å². The van der Waals surface area contributed by atoms with Gasteiger partial charge >= 0.3 is 5.97 Å². The fraction of sp³-hybridized carbons (Fsp3) is 0.533. The van der Waals surface area contributed by atoms with E-state index in [9.17, 15) is 9.90 Å². The molecule has 1 aromatic carbocycles. The monoisotopic (exact) mass is 248 g/mol. The van der Waals surface area contributed by atoms with E-state index >= 15 is 0 Å². The molecule has 0 aromatic heterocycles. The molecule has 0 bridgehead atoms. The van der Waals surface area contributed by atoms with Gasteiger partial charge in [0.05, 0.1) is 0 Å². The molecular formula is C15H20O3. The Kier molecular flexibility index (Phi) is 3.90. The molecule has 18 heavy (non-hydrogen) atoms. The molecule has 0 saturated carbocycles. The highest BCUT2D eigenvalue weighted by Gasteiger charge is 2.18. The summed E-state index contributed by atoms with van der Waals surface area (Å²) in [6.07, 6.45) is 5.93. The van der Waals surface area contributed by atoms with Gasteiger partial charge in [0, 0.05) is 6.42 Å². The maximum Gasteiger partial charge on any atom is 0.303 e. The molecule has 98 valence electrons. The Balaban J connectivity index is 2.25. The predicted octanol–water partition coefficient (Wildman–Crippen LogP) is 2.99. The largest absolute Gasteiger partial charge is 0.508 e. The van der Waals surface area contributed by atoms with Crippen molar-refractivity contribution in [2.45, 2.75) is 51.9 Å². The van der Waals surface area contributed by atoms with Crippen molar-refractivity contribution in [1.82, 2.24) is 0 Å². The summed E-state index contributed by atoms with van der Waals surface area (Å²) < 4.78 is 0. The van der Waals surface area contributed by atoms with E-state index in [4.69, 9.17) is 5.11 Å². The number of aromatic hydroxyl groups is 1. The Hall–Kier alpha value is -1.51. The number of carboxylic acids is 1. The lowest BCUT2D eigenvalue weighted by Crippen LogP contribution is -2.09. The van der Waals surface area contributed by atoms with Gasteiger partial charge in [-0.1, -0.05) is 0 Å². The first kappa shape index (κ1) is 12.9. The van der Waals surface area contributed by atoms with Gasteiger partial charge in [0.1, 0.15) is 5.75 Å². The fourth-order valence-corrected chi connectivity index (χ4v) is 2.90. The fourth-order valence-electron chi connectivity index (χ4n) is 2.90. The number of carbonyl (C=O) groups is 1. The summed E-state index contributed by atoms with van der Waals surface area (Å²) in [6, 6.07) is 1.83. The van der Waals surface area contributed by atoms with Gasteiger partial charge in [-0.3, -0.25) is 4.79 Å². The van der Waals surface area contributed by atoms with Crippen LogP contribution >= 0.6 is 0 Å². The molecule has 0 heterocycles. The third-order valence-electron chi connectivity index (χ3n) is 3.79. The van der Waals surface area contributed by atoms with Crippen molar-refractivity contribution in [3.63, 3.8) is 0 Å². The summed E-state index contributed by atoms with van der Waals surface area (Å²) in [7, 11) is 0. The second-order valence-corrected chi connectivity index (χ2v) is 5.10. The van der Waals surface area contributed by atoms with Crippen molar-refractivity contribution < 1.29 is 15.0 Å². The average Bonchev–Trinajstić information content (AvgIpc) is 2.33. The molecule has 0 fully saturated rings. The zero-order valence-corrected chi connectivity index (χ0v) is 10.8. The lowest BCUT2D eigenvalue weighted by atomic mass is 9.83. The smallest absolute Gasteiger partial charge is 0.303 e. The lowest BCUT2D eigenvalue weighted by molar-refractivity contribution is -0.137. The van der Waals surface area contributed by atoms with Crippen molar-refractivity contribution in [3.8, 4) is 5.75 Å². The van der Waals surface area contributed by atoms with Crippen molar-refractivity contribution in [2.75, 3.05) is 0 Å². The predicted molar refractivity (Wildman–Crippen MR) is 70.1 cm³/mol. The minimum atomic E-state index is -0.768. The van der Waals surface area contributed by atoms with E-state index in [0.29, 0.717) is 18.6 Å². The number of phenols is 1. The van der Waals surface area contributed by atoms with Crippen molar-refractivity contribution in [3.05, 3.63) is 28.3 Å². The SMILES string of the molecule is Cc1cc(O)c(CCCC(=O)O)c2c1CCCC2. The number of phenolic OH excluding ortho intramolecular Hbond substituents is 1. The number of carboxylic acid groups (broad SMARTS) is 1. The Bertz CT molecular complexity index is 463. The van der Waals surface area contributed by atoms with Crippen LogP contribution in [0.3, 0.4) is 0 Å². The van der Waals surface area contributed by atoms with Gasteiger partial charge in [0.25, 0.3) is 0 Å². The second kappa shape index (κ2) is 5.42. The summed E-state index contributed by atoms with van der Waals surface area (Å²) in [4.78, 5) is 10.6. The number of fused-ring (bicyclic) bond motifs is 1. The number of hydrogen-bond donors (Lipinski definition) is 2. The van der Waals surface area contributed by atoms with Gasteiger partial charge in [0.2, 0.25) is 0 Å². The molecule has 0 amide bonds. The summed E-state index contributed by atoms with van der Waals surface area (Å²) in [5.41, 5.74) is 4.81. The highest BCUT2D eigenvalue weighted by atomic mass is 16.4. The zero-order chi connectivity index (χ0) is 13.1. The van der Waals surface area contributed by atoms with Gasteiger partial charge in [-0.15, -0.1) is 0 Å². The molecule has 2 rings (SSSR count). The third kappa shape index (κ3) is 2.66. The summed E-state index contributed by atoms with van der Waals surface area (Å²) in [5, 5.41) is 18.7. The number of hydrogen-bond acceptors (Lipinski definition) is 2. The Labute approximate surface area is 107 Å². The van der Waals surface area contributed by atoms with Crippen molar-refractivity contribution in [2.24, 2.45) is 0 Å². The van der Waals surface area contributed by atoms with E-state index in [1.54, 1.807) is 0 Å². The molecule has 0 radical (unpaired) electrons. The molecule has 0 atom stereocenters. The minimum Gasteiger partial charge on any atom is -0.508 e. The van der Waals surface area contributed by atoms with Crippen LogP contribution in [-0.4, -0.2) is 16.2 Å². The van der Waals surface area contributed by atoms with Crippen molar-refractivity contribution in [1.29, 1.82) is 0 Å². The van der Waals surface area contributed by atoms with Crippen molar-refractivity contribution >= 4 is 5.97 Å². The molecule has 1 aromatic rings. The van der Waals surface area contributed by atoms with E-state index < -0.39 is 5.97 Å². The first-order valence-corrected chi connectivity index (χ1v) is 6.64. The van der Waals surface area contributed by atoms with Gasteiger partial charge in [-0.25, -0.2) is 0 Å². The Morgan fingerprint density at radius 2 is 1.94 bits per heavy atom. The van der Waals surface area contributed by atoms with Crippen LogP contribution in [0.4, 0.5) is 0 Å². The van der Waals surface area contributed by atoms with Gasteiger partial charge in [-0.05, 0) is 73.8 Å². The summed E-state index contributed by atoms with van der Waals surface area (Å²) in [5.74, 6) is -0.422. The van der Waals surface area contributed by atoms with E-state index in [2.05, 4.69) is 0 Å². The number of aliphatic carboxylic acids is 1. The van der Waals surface area contributed by atoms with Crippen LogP contribution in [0.25, 0.3) is 0 Å². The first-order chi connectivity index (χ1) is 8.59. The maximum absolute atomic E-state index is 10.6. The molecule has 1 aliphatic carbocycles. The van der Waals surface area contributed by atoms with Crippen LogP contribution in [0.2, 0.25) is 0 Å². The highest BCUT2D eigenvalue weighted by molar-refractivity contribution is 5.66. The summed E-state index contributed by atoms with van der Waals surface area (Å²) >= 11 is 0. The molecule has 2 N–H and O–H groups in total. The normalized spacial score (nSPS) is 14.3. The van der Waals surface area contributed by atoms with Gasteiger partial charge < -0.3 is 10.2 Å². The van der Waals surface area contributed by atoms with Crippen LogP contribution in [0.15, 0.2) is 6.07 Å². The summed E-state index contributed by atoms with van der Waals surface area (Å²) in [6.45, 7) is 2.05.